The fourth-order valence-corrected chi connectivity index (χ4v) is 1.92. The molecule has 4 heteroatoms. The molecule has 0 radical (unpaired) electrons. The maximum absolute atomic E-state index is 11.0. The summed E-state index contributed by atoms with van der Waals surface area (Å²) in [6.45, 7) is 6.64. The number of likely N-dealkylation sites (N-methyl/N-ethyl adjacent to an activating group) is 1. The highest BCUT2D eigenvalue weighted by atomic mass is 35.5. The predicted molar refractivity (Wildman–Crippen MR) is 71.0 cm³/mol. The van der Waals surface area contributed by atoms with Crippen LogP contribution in [0.25, 0.3) is 0 Å². The molecule has 0 fully saturated rings. The molecular formula is C13H18ClNO2. The molecule has 17 heavy (non-hydrogen) atoms. The molecule has 0 spiro atoms. The van der Waals surface area contributed by atoms with Gasteiger partial charge in [0.15, 0.2) is 6.29 Å². The second-order valence-corrected chi connectivity index (χ2v) is 5.08. The molecule has 0 aliphatic rings. The van der Waals surface area contributed by atoms with E-state index in [-0.39, 0.29) is 0 Å². The normalized spacial score (nSPS) is 11.4. The van der Waals surface area contributed by atoms with Gasteiger partial charge in [-0.25, -0.2) is 0 Å². The van der Waals surface area contributed by atoms with Gasteiger partial charge in [0.25, 0.3) is 0 Å². The Hall–Kier alpha value is -1.06. The number of aliphatic hydroxyl groups is 1. The Balaban J connectivity index is 3.07. The summed E-state index contributed by atoms with van der Waals surface area (Å²) in [5.74, 6) is 0. The lowest BCUT2D eigenvalue weighted by Crippen LogP contribution is -2.39. The van der Waals surface area contributed by atoms with Crippen LogP contribution in [-0.2, 0) is 0 Å². The molecule has 1 rings (SSSR count). The number of hydrogen-bond acceptors (Lipinski definition) is 3. The zero-order valence-corrected chi connectivity index (χ0v) is 11.2. The SMILES string of the molecule is CCN(CC(C)(C)O)c1ccc(Cl)cc1C=O. The zero-order valence-electron chi connectivity index (χ0n) is 10.4. The van der Waals surface area contributed by atoms with Crippen molar-refractivity contribution in [1.29, 1.82) is 0 Å². The quantitative estimate of drug-likeness (QED) is 0.823. The molecule has 0 amide bonds. The van der Waals surface area contributed by atoms with Crippen LogP contribution in [0.5, 0.6) is 0 Å². The van der Waals surface area contributed by atoms with Crippen molar-refractivity contribution in [2.45, 2.75) is 26.4 Å². The topological polar surface area (TPSA) is 40.5 Å². The van der Waals surface area contributed by atoms with Crippen molar-refractivity contribution in [2.75, 3.05) is 18.0 Å². The number of anilines is 1. The van der Waals surface area contributed by atoms with Crippen LogP contribution in [0.2, 0.25) is 5.02 Å². The lowest BCUT2D eigenvalue weighted by Gasteiger charge is -2.30. The second kappa shape index (κ2) is 5.52. The van der Waals surface area contributed by atoms with Gasteiger partial charge in [-0.1, -0.05) is 11.6 Å². The number of halogens is 1. The minimum Gasteiger partial charge on any atom is -0.389 e. The lowest BCUT2D eigenvalue weighted by molar-refractivity contribution is 0.0874. The van der Waals surface area contributed by atoms with Crippen molar-refractivity contribution in [2.24, 2.45) is 0 Å². The first kappa shape index (κ1) is 14.0. The maximum Gasteiger partial charge on any atom is 0.152 e. The van der Waals surface area contributed by atoms with Gasteiger partial charge in [-0.3, -0.25) is 4.79 Å². The van der Waals surface area contributed by atoms with Crippen LogP contribution in [0.1, 0.15) is 31.1 Å². The van der Waals surface area contributed by atoms with E-state index in [1.54, 1.807) is 32.0 Å². The fraction of sp³-hybridized carbons (Fsp3) is 0.462. The third-order valence-electron chi connectivity index (χ3n) is 2.42. The third kappa shape index (κ3) is 4.02. The van der Waals surface area contributed by atoms with E-state index in [1.807, 2.05) is 11.8 Å². The highest BCUT2D eigenvalue weighted by molar-refractivity contribution is 6.31. The van der Waals surface area contributed by atoms with Crippen LogP contribution in [0.4, 0.5) is 5.69 Å². The molecule has 0 unspecified atom stereocenters. The molecule has 0 bridgehead atoms. The Morgan fingerprint density at radius 1 is 1.47 bits per heavy atom. The Morgan fingerprint density at radius 2 is 2.12 bits per heavy atom. The number of carbonyl (C=O) groups excluding carboxylic acids is 1. The predicted octanol–water partition coefficient (Wildman–Crippen LogP) is 2.75. The van der Waals surface area contributed by atoms with Crippen LogP contribution < -0.4 is 4.90 Å². The molecule has 1 aromatic rings. The van der Waals surface area contributed by atoms with Gasteiger partial charge < -0.3 is 10.0 Å². The van der Waals surface area contributed by atoms with Crippen LogP contribution in [0.15, 0.2) is 18.2 Å². The standard InChI is InChI=1S/C13H18ClNO2/c1-4-15(9-13(2,3)17)12-6-5-11(14)7-10(12)8-16/h5-8,17H,4,9H2,1-3H3. The molecule has 0 aliphatic heterocycles. The van der Waals surface area contributed by atoms with E-state index < -0.39 is 5.60 Å². The molecule has 3 nitrogen and oxygen atoms in total. The smallest absolute Gasteiger partial charge is 0.152 e. The first-order chi connectivity index (χ1) is 7.87. The van der Waals surface area contributed by atoms with Gasteiger partial charge in [0, 0.05) is 29.4 Å². The first-order valence-electron chi connectivity index (χ1n) is 5.59. The minimum atomic E-state index is -0.810. The van der Waals surface area contributed by atoms with E-state index in [1.165, 1.54) is 0 Å². The Labute approximate surface area is 107 Å². The number of rotatable bonds is 5. The van der Waals surface area contributed by atoms with E-state index >= 15 is 0 Å². The van der Waals surface area contributed by atoms with Crippen LogP contribution >= 0.6 is 11.6 Å². The van der Waals surface area contributed by atoms with Crippen molar-refractivity contribution in [3.05, 3.63) is 28.8 Å². The van der Waals surface area contributed by atoms with Crippen molar-refractivity contribution in [1.82, 2.24) is 0 Å². The summed E-state index contributed by atoms with van der Waals surface area (Å²) in [6, 6.07) is 5.19. The number of carbonyl (C=O) groups is 1. The molecule has 1 aromatic carbocycles. The highest BCUT2D eigenvalue weighted by Gasteiger charge is 2.19. The molecule has 0 saturated heterocycles. The van der Waals surface area contributed by atoms with Gasteiger partial charge in [-0.2, -0.15) is 0 Å². The number of nitrogens with zero attached hydrogens (tertiary/aromatic N) is 1. The van der Waals surface area contributed by atoms with E-state index in [9.17, 15) is 9.90 Å². The fourth-order valence-electron chi connectivity index (χ4n) is 1.74. The maximum atomic E-state index is 11.0. The molecule has 0 heterocycles. The summed E-state index contributed by atoms with van der Waals surface area (Å²) in [4.78, 5) is 13.0. The molecule has 0 atom stereocenters. The van der Waals surface area contributed by atoms with E-state index in [0.717, 1.165) is 12.0 Å². The highest BCUT2D eigenvalue weighted by Crippen LogP contribution is 2.24. The summed E-state index contributed by atoms with van der Waals surface area (Å²) in [6.07, 6.45) is 0.786. The number of hydrogen-bond donors (Lipinski definition) is 1. The van der Waals surface area contributed by atoms with Crippen molar-refractivity contribution < 1.29 is 9.90 Å². The van der Waals surface area contributed by atoms with Gasteiger partial charge in [-0.05, 0) is 39.0 Å². The molecule has 0 saturated carbocycles. The van der Waals surface area contributed by atoms with Crippen LogP contribution in [-0.4, -0.2) is 30.1 Å². The molecule has 0 aliphatic carbocycles. The van der Waals surface area contributed by atoms with Gasteiger partial charge >= 0.3 is 0 Å². The third-order valence-corrected chi connectivity index (χ3v) is 2.65. The second-order valence-electron chi connectivity index (χ2n) is 4.65. The average Bonchev–Trinajstić information content (AvgIpc) is 2.24. The van der Waals surface area contributed by atoms with Gasteiger partial charge in [0.1, 0.15) is 0 Å². The van der Waals surface area contributed by atoms with Gasteiger partial charge in [0.2, 0.25) is 0 Å². The summed E-state index contributed by atoms with van der Waals surface area (Å²) in [5, 5.41) is 10.4. The van der Waals surface area contributed by atoms with E-state index in [4.69, 9.17) is 11.6 Å². The average molecular weight is 256 g/mol. The summed E-state index contributed by atoms with van der Waals surface area (Å²) in [5.41, 5.74) is 0.535. The summed E-state index contributed by atoms with van der Waals surface area (Å²) < 4.78 is 0. The lowest BCUT2D eigenvalue weighted by atomic mass is 10.1. The Morgan fingerprint density at radius 3 is 2.59 bits per heavy atom. The van der Waals surface area contributed by atoms with Gasteiger partial charge in [-0.15, -0.1) is 0 Å². The molecule has 94 valence electrons. The molecule has 1 N–H and O–H groups in total. The number of benzene rings is 1. The number of aldehydes is 1. The zero-order chi connectivity index (χ0) is 13.1. The van der Waals surface area contributed by atoms with E-state index in [2.05, 4.69) is 0 Å². The van der Waals surface area contributed by atoms with Crippen LogP contribution in [0, 0.1) is 0 Å². The molecule has 0 aromatic heterocycles. The minimum absolute atomic E-state index is 0.464. The largest absolute Gasteiger partial charge is 0.389 e. The van der Waals surface area contributed by atoms with Crippen molar-refractivity contribution in [3.8, 4) is 0 Å². The summed E-state index contributed by atoms with van der Waals surface area (Å²) in [7, 11) is 0. The van der Waals surface area contributed by atoms with E-state index in [0.29, 0.717) is 23.7 Å². The monoisotopic (exact) mass is 255 g/mol. The molecular weight excluding hydrogens is 238 g/mol. The van der Waals surface area contributed by atoms with Gasteiger partial charge in [0.05, 0.1) is 5.60 Å². The Kier molecular flexibility index (Phi) is 4.54. The van der Waals surface area contributed by atoms with Crippen molar-refractivity contribution >= 4 is 23.6 Å². The van der Waals surface area contributed by atoms with Crippen LogP contribution in [0.3, 0.4) is 0 Å². The first-order valence-corrected chi connectivity index (χ1v) is 5.97. The summed E-state index contributed by atoms with van der Waals surface area (Å²) >= 11 is 5.85. The Bertz CT molecular complexity index is 399. The van der Waals surface area contributed by atoms with Crippen molar-refractivity contribution in [3.63, 3.8) is 0 Å².